The predicted octanol–water partition coefficient (Wildman–Crippen LogP) is 0.738. The average molecular weight is 225 g/mol. The first kappa shape index (κ1) is 13.0. The largest absolute Gasteiger partial charge is 0.306 e. The van der Waals surface area contributed by atoms with Gasteiger partial charge in [-0.25, -0.2) is 0 Å². The van der Waals surface area contributed by atoms with Crippen molar-refractivity contribution in [2.45, 2.75) is 39.2 Å². The molecule has 0 aromatic rings. The van der Waals surface area contributed by atoms with Gasteiger partial charge in [-0.1, -0.05) is 13.8 Å². The van der Waals surface area contributed by atoms with E-state index in [0.29, 0.717) is 19.4 Å². The second-order valence-electron chi connectivity index (χ2n) is 4.53. The Kier molecular flexibility index (Phi) is 4.80. The van der Waals surface area contributed by atoms with Gasteiger partial charge in [0.15, 0.2) is 5.78 Å². The van der Waals surface area contributed by atoms with Crippen molar-refractivity contribution in [1.82, 2.24) is 5.32 Å². The molecular weight excluding hydrogens is 206 g/mol. The summed E-state index contributed by atoms with van der Waals surface area (Å²) >= 11 is 0. The van der Waals surface area contributed by atoms with Gasteiger partial charge in [0.1, 0.15) is 12.1 Å². The Morgan fingerprint density at radius 1 is 1.44 bits per heavy atom. The molecule has 0 saturated heterocycles. The molecule has 0 aromatic heterocycles. The SMILES string of the molecule is CCC1CC(=O)C[C@@H](NC[C@H](C)C=O)C1=O. The summed E-state index contributed by atoms with van der Waals surface area (Å²) in [6.07, 6.45) is 2.23. The van der Waals surface area contributed by atoms with Gasteiger partial charge in [-0.3, -0.25) is 9.59 Å². The first-order valence-corrected chi connectivity index (χ1v) is 5.82. The first-order valence-electron chi connectivity index (χ1n) is 5.82. The quantitative estimate of drug-likeness (QED) is 0.701. The van der Waals surface area contributed by atoms with E-state index in [1.165, 1.54) is 0 Å². The maximum absolute atomic E-state index is 11.9. The van der Waals surface area contributed by atoms with Crippen LogP contribution in [0.15, 0.2) is 0 Å². The van der Waals surface area contributed by atoms with Crippen LogP contribution >= 0.6 is 0 Å². The second kappa shape index (κ2) is 5.89. The molecule has 0 amide bonds. The van der Waals surface area contributed by atoms with Gasteiger partial charge in [0, 0.05) is 31.2 Å². The minimum absolute atomic E-state index is 0.120. The summed E-state index contributed by atoms with van der Waals surface area (Å²) in [4.78, 5) is 33.8. The molecular formula is C12H19NO3. The average Bonchev–Trinajstić information content (AvgIpc) is 2.29. The molecule has 1 aliphatic rings. The normalized spacial score (nSPS) is 27.9. The number of Topliss-reactive ketones (excluding diaryl/α,β-unsaturated/α-hetero) is 2. The fourth-order valence-corrected chi connectivity index (χ4v) is 1.97. The van der Waals surface area contributed by atoms with Crippen molar-refractivity contribution in [2.75, 3.05) is 6.54 Å². The molecule has 0 heterocycles. The smallest absolute Gasteiger partial charge is 0.153 e. The summed E-state index contributed by atoms with van der Waals surface area (Å²) in [7, 11) is 0. The van der Waals surface area contributed by atoms with Crippen LogP contribution < -0.4 is 5.32 Å². The van der Waals surface area contributed by atoms with Crippen LogP contribution in [0.25, 0.3) is 0 Å². The molecule has 0 radical (unpaired) electrons. The van der Waals surface area contributed by atoms with Gasteiger partial charge in [-0.2, -0.15) is 0 Å². The fourth-order valence-electron chi connectivity index (χ4n) is 1.97. The van der Waals surface area contributed by atoms with Crippen LogP contribution in [0, 0.1) is 11.8 Å². The molecule has 0 aliphatic heterocycles. The highest BCUT2D eigenvalue weighted by atomic mass is 16.1. The van der Waals surface area contributed by atoms with Crippen LogP contribution in [0.1, 0.15) is 33.1 Å². The van der Waals surface area contributed by atoms with E-state index in [9.17, 15) is 14.4 Å². The van der Waals surface area contributed by atoms with Crippen molar-refractivity contribution >= 4 is 17.9 Å². The number of rotatable bonds is 5. The van der Waals surface area contributed by atoms with Crippen LogP contribution in [0.2, 0.25) is 0 Å². The Morgan fingerprint density at radius 3 is 2.69 bits per heavy atom. The van der Waals surface area contributed by atoms with Crippen LogP contribution in [-0.4, -0.2) is 30.4 Å². The summed E-state index contributed by atoms with van der Waals surface area (Å²) in [6.45, 7) is 4.17. The third kappa shape index (κ3) is 3.23. The molecule has 1 rings (SSSR count). The predicted molar refractivity (Wildman–Crippen MR) is 60.0 cm³/mol. The maximum atomic E-state index is 11.9. The summed E-state index contributed by atoms with van der Waals surface area (Å²) in [5.41, 5.74) is 0. The number of nitrogens with one attached hydrogen (secondary N) is 1. The van der Waals surface area contributed by atoms with Crippen molar-refractivity contribution in [1.29, 1.82) is 0 Å². The minimum atomic E-state index is -0.381. The summed E-state index contributed by atoms with van der Waals surface area (Å²) in [5.74, 6) is 0.0121. The number of ketones is 2. The maximum Gasteiger partial charge on any atom is 0.153 e. The van der Waals surface area contributed by atoms with Crippen LogP contribution in [-0.2, 0) is 14.4 Å². The topological polar surface area (TPSA) is 63.2 Å². The number of carbonyl (C=O) groups is 3. The molecule has 90 valence electrons. The van der Waals surface area contributed by atoms with Gasteiger partial charge >= 0.3 is 0 Å². The molecule has 16 heavy (non-hydrogen) atoms. The van der Waals surface area contributed by atoms with Crippen molar-refractivity contribution < 1.29 is 14.4 Å². The second-order valence-corrected chi connectivity index (χ2v) is 4.53. The van der Waals surface area contributed by atoms with Gasteiger partial charge in [0.2, 0.25) is 0 Å². The highest BCUT2D eigenvalue weighted by Crippen LogP contribution is 2.21. The Morgan fingerprint density at radius 2 is 2.12 bits per heavy atom. The lowest BCUT2D eigenvalue weighted by Gasteiger charge is -2.27. The van der Waals surface area contributed by atoms with E-state index in [-0.39, 0.29) is 35.9 Å². The van der Waals surface area contributed by atoms with Gasteiger partial charge in [-0.05, 0) is 6.42 Å². The zero-order chi connectivity index (χ0) is 12.1. The van der Waals surface area contributed by atoms with Gasteiger partial charge in [-0.15, -0.1) is 0 Å². The van der Waals surface area contributed by atoms with E-state index < -0.39 is 0 Å². The van der Waals surface area contributed by atoms with Crippen molar-refractivity contribution in [3.63, 3.8) is 0 Å². The lowest BCUT2D eigenvalue weighted by Crippen LogP contribution is -2.47. The Labute approximate surface area is 95.8 Å². The molecule has 0 spiro atoms. The Hall–Kier alpha value is -1.03. The van der Waals surface area contributed by atoms with E-state index in [1.807, 2.05) is 6.92 Å². The van der Waals surface area contributed by atoms with E-state index in [4.69, 9.17) is 0 Å². The molecule has 3 atom stereocenters. The molecule has 4 nitrogen and oxygen atoms in total. The zero-order valence-electron chi connectivity index (χ0n) is 9.86. The molecule has 1 unspecified atom stereocenters. The standard InChI is InChI=1S/C12H19NO3/c1-3-9-4-10(15)5-11(12(9)16)13-6-8(2)7-14/h7-9,11,13H,3-6H2,1-2H3/t8-,9?,11+/m0/s1. The Balaban J connectivity index is 2.54. The van der Waals surface area contributed by atoms with Gasteiger partial charge in [0.05, 0.1) is 6.04 Å². The fraction of sp³-hybridized carbons (Fsp3) is 0.750. The third-order valence-electron chi connectivity index (χ3n) is 3.06. The molecule has 0 aromatic carbocycles. The number of carbonyl (C=O) groups excluding carboxylic acids is 3. The molecule has 4 heteroatoms. The minimum Gasteiger partial charge on any atom is -0.306 e. The molecule has 1 aliphatic carbocycles. The van der Waals surface area contributed by atoms with Crippen molar-refractivity contribution in [3.05, 3.63) is 0 Å². The third-order valence-corrected chi connectivity index (χ3v) is 3.06. The lowest BCUT2D eigenvalue weighted by atomic mass is 9.82. The number of hydrogen-bond acceptors (Lipinski definition) is 4. The monoisotopic (exact) mass is 225 g/mol. The van der Waals surface area contributed by atoms with Crippen LogP contribution in [0.4, 0.5) is 0 Å². The first-order chi connectivity index (χ1) is 7.58. The summed E-state index contributed by atoms with van der Waals surface area (Å²) in [6, 6.07) is -0.381. The molecule has 0 bridgehead atoms. The van der Waals surface area contributed by atoms with Crippen molar-refractivity contribution in [2.24, 2.45) is 11.8 Å². The van der Waals surface area contributed by atoms with Crippen LogP contribution in [0.5, 0.6) is 0 Å². The molecule has 1 N–H and O–H groups in total. The van der Waals surface area contributed by atoms with E-state index >= 15 is 0 Å². The van der Waals surface area contributed by atoms with E-state index in [1.54, 1.807) is 6.92 Å². The highest BCUT2D eigenvalue weighted by molar-refractivity contribution is 5.98. The molecule has 1 saturated carbocycles. The lowest BCUT2D eigenvalue weighted by molar-refractivity contribution is -0.135. The number of aldehydes is 1. The van der Waals surface area contributed by atoms with Gasteiger partial charge < -0.3 is 10.1 Å². The summed E-state index contributed by atoms with van der Waals surface area (Å²) < 4.78 is 0. The van der Waals surface area contributed by atoms with Gasteiger partial charge in [0.25, 0.3) is 0 Å². The van der Waals surface area contributed by atoms with Crippen molar-refractivity contribution in [3.8, 4) is 0 Å². The van der Waals surface area contributed by atoms with E-state index in [0.717, 1.165) is 6.29 Å². The van der Waals surface area contributed by atoms with Crippen LogP contribution in [0.3, 0.4) is 0 Å². The Bertz CT molecular complexity index is 288. The number of hydrogen-bond donors (Lipinski definition) is 1. The zero-order valence-corrected chi connectivity index (χ0v) is 9.86. The van der Waals surface area contributed by atoms with E-state index in [2.05, 4.69) is 5.32 Å². The molecule has 1 fully saturated rings. The summed E-state index contributed by atoms with van der Waals surface area (Å²) in [5, 5.41) is 3.02. The highest BCUT2D eigenvalue weighted by Gasteiger charge is 2.34.